The molecule has 2 atom stereocenters. The molecule has 2 aliphatic rings. The summed E-state index contributed by atoms with van der Waals surface area (Å²) in [5.74, 6) is 2.30. The van der Waals surface area contributed by atoms with E-state index in [4.69, 9.17) is 18.9 Å². The molecule has 0 N–H and O–H groups in total. The van der Waals surface area contributed by atoms with Crippen LogP contribution in [0.15, 0.2) is 8.76 Å². The number of rotatable bonds is 4. The van der Waals surface area contributed by atoms with Crippen LogP contribution in [-0.2, 0) is 29.1 Å². The molecule has 4 heterocycles. The molecule has 0 saturated carbocycles. The number of aromatic nitrogens is 2. The van der Waals surface area contributed by atoms with Crippen molar-refractivity contribution in [3.63, 3.8) is 0 Å². The van der Waals surface area contributed by atoms with Gasteiger partial charge in [-0.05, 0) is 12.7 Å². The molecule has 4 rings (SSSR count). The first-order valence-electron chi connectivity index (χ1n) is 7.92. The first-order chi connectivity index (χ1) is 11.2. The lowest BCUT2D eigenvalue weighted by Crippen LogP contribution is -2.18. The van der Waals surface area contributed by atoms with Crippen LogP contribution in [0, 0.1) is 0 Å². The van der Waals surface area contributed by atoms with Gasteiger partial charge < -0.3 is 13.9 Å². The number of thioether (sulfide) groups is 1. The topological polar surface area (TPSA) is 57.4 Å². The molecule has 0 spiro atoms. The highest BCUT2D eigenvalue weighted by Crippen LogP contribution is 2.39. The molecule has 23 heavy (non-hydrogen) atoms. The summed E-state index contributed by atoms with van der Waals surface area (Å²) in [5, 5.41) is 0. The molecule has 2 unspecified atom stereocenters. The molecule has 0 saturated heterocycles. The van der Waals surface area contributed by atoms with E-state index in [1.807, 2.05) is 0 Å². The molecule has 0 aliphatic carbocycles. The van der Waals surface area contributed by atoms with E-state index in [-0.39, 0.29) is 5.92 Å². The zero-order valence-corrected chi connectivity index (χ0v) is 15.0. The molecule has 2 aliphatic heterocycles. The van der Waals surface area contributed by atoms with Crippen LogP contribution in [0.25, 0.3) is 0 Å². The van der Waals surface area contributed by atoms with Gasteiger partial charge >= 0.3 is 0 Å². The lowest BCUT2D eigenvalue weighted by atomic mass is 9.92. The van der Waals surface area contributed by atoms with Crippen molar-refractivity contribution >= 4 is 23.1 Å². The van der Waals surface area contributed by atoms with Gasteiger partial charge in [-0.3, -0.25) is 0 Å². The van der Waals surface area contributed by atoms with Crippen LogP contribution in [0.2, 0.25) is 0 Å². The van der Waals surface area contributed by atoms with Gasteiger partial charge in [0.25, 0.3) is 0 Å². The van der Waals surface area contributed by atoms with E-state index in [1.54, 1.807) is 23.1 Å². The Bertz CT molecular complexity index is 674. The summed E-state index contributed by atoms with van der Waals surface area (Å²) in [6, 6.07) is 0. The number of fused-ring (bicyclic) bond motifs is 2. The Morgan fingerprint density at radius 1 is 1.30 bits per heavy atom. The number of hydrogen-bond donors (Lipinski definition) is 0. The van der Waals surface area contributed by atoms with Gasteiger partial charge in [0.2, 0.25) is 0 Å². The smallest absolute Gasteiger partial charge is 0.197 e. The number of ether oxygens (including phenoxy) is 2. The SMILES string of the molecule is CSc1nc2c(s1)COCC2CC(C)c1nc2c(o1)COCC2. The monoisotopic (exact) mass is 352 g/mol. The summed E-state index contributed by atoms with van der Waals surface area (Å²) in [5.41, 5.74) is 2.29. The first kappa shape index (κ1) is 15.6. The quantitative estimate of drug-likeness (QED) is 0.782. The molecule has 0 fully saturated rings. The third kappa shape index (κ3) is 3.07. The third-order valence-electron chi connectivity index (χ3n) is 4.39. The van der Waals surface area contributed by atoms with Gasteiger partial charge in [0.1, 0.15) is 10.9 Å². The summed E-state index contributed by atoms with van der Waals surface area (Å²) < 4.78 is 18.3. The summed E-state index contributed by atoms with van der Waals surface area (Å²) >= 11 is 3.46. The van der Waals surface area contributed by atoms with Gasteiger partial charge in [0.15, 0.2) is 11.7 Å². The van der Waals surface area contributed by atoms with E-state index in [0.717, 1.165) is 47.7 Å². The Hall–Kier alpha value is -0.890. The Kier molecular flexibility index (Phi) is 4.45. The van der Waals surface area contributed by atoms with E-state index in [0.29, 0.717) is 19.1 Å². The largest absolute Gasteiger partial charge is 0.443 e. The lowest BCUT2D eigenvalue weighted by Gasteiger charge is -2.23. The number of oxazole rings is 1. The van der Waals surface area contributed by atoms with Crippen LogP contribution in [0.3, 0.4) is 0 Å². The number of hydrogen-bond acceptors (Lipinski definition) is 7. The van der Waals surface area contributed by atoms with E-state index in [2.05, 4.69) is 18.2 Å². The van der Waals surface area contributed by atoms with Crippen molar-refractivity contribution in [1.29, 1.82) is 0 Å². The zero-order valence-electron chi connectivity index (χ0n) is 13.3. The van der Waals surface area contributed by atoms with Gasteiger partial charge in [-0.1, -0.05) is 18.7 Å². The second kappa shape index (κ2) is 6.55. The van der Waals surface area contributed by atoms with Gasteiger partial charge in [-0.15, -0.1) is 11.3 Å². The second-order valence-electron chi connectivity index (χ2n) is 6.07. The van der Waals surface area contributed by atoms with Crippen LogP contribution in [0.5, 0.6) is 0 Å². The Balaban J connectivity index is 1.52. The van der Waals surface area contributed by atoms with Crippen LogP contribution >= 0.6 is 23.1 Å². The van der Waals surface area contributed by atoms with Crippen molar-refractivity contribution in [3.8, 4) is 0 Å². The van der Waals surface area contributed by atoms with Crippen molar-refractivity contribution in [2.75, 3.05) is 19.5 Å². The predicted molar refractivity (Wildman–Crippen MR) is 89.2 cm³/mol. The molecule has 124 valence electrons. The second-order valence-corrected chi connectivity index (χ2v) is 8.20. The lowest BCUT2D eigenvalue weighted by molar-refractivity contribution is 0.0859. The number of thiazole rings is 1. The summed E-state index contributed by atoms with van der Waals surface area (Å²) in [6.45, 7) is 4.90. The van der Waals surface area contributed by atoms with Crippen molar-refractivity contribution in [2.45, 2.75) is 49.2 Å². The van der Waals surface area contributed by atoms with Gasteiger partial charge in [0.05, 0.1) is 36.1 Å². The third-order valence-corrected chi connectivity index (χ3v) is 6.42. The molecule has 7 heteroatoms. The molecule has 5 nitrogen and oxygen atoms in total. The average molecular weight is 352 g/mol. The standard InChI is InChI=1S/C16H20N2O3S2/c1-9(15-17-11-3-4-19-7-12(11)21-15)5-10-6-20-8-13-14(10)18-16(22-2)23-13/h9-10H,3-8H2,1-2H3. The highest BCUT2D eigenvalue weighted by atomic mass is 32.2. The van der Waals surface area contributed by atoms with Crippen molar-refractivity contribution in [3.05, 3.63) is 27.9 Å². The molecule has 2 aromatic heterocycles. The molecule has 0 bridgehead atoms. The normalized spacial score (nSPS) is 21.7. The van der Waals surface area contributed by atoms with Crippen molar-refractivity contribution in [2.24, 2.45) is 0 Å². The molecule has 0 aromatic carbocycles. The fourth-order valence-electron chi connectivity index (χ4n) is 3.19. The van der Waals surface area contributed by atoms with Gasteiger partial charge in [0, 0.05) is 18.3 Å². The highest BCUT2D eigenvalue weighted by molar-refractivity contribution is 8.00. The maximum absolute atomic E-state index is 5.92. The fourth-order valence-corrected chi connectivity index (χ4v) is 4.83. The van der Waals surface area contributed by atoms with E-state index >= 15 is 0 Å². The van der Waals surface area contributed by atoms with Crippen LogP contribution in [0.4, 0.5) is 0 Å². The van der Waals surface area contributed by atoms with E-state index in [1.165, 1.54) is 10.6 Å². The Labute approximate surface area is 143 Å². The zero-order chi connectivity index (χ0) is 15.8. The van der Waals surface area contributed by atoms with Crippen molar-refractivity contribution < 1.29 is 13.9 Å². The predicted octanol–water partition coefficient (Wildman–Crippen LogP) is 3.73. The highest BCUT2D eigenvalue weighted by Gasteiger charge is 2.29. The van der Waals surface area contributed by atoms with Crippen LogP contribution < -0.4 is 0 Å². The average Bonchev–Trinajstić information content (AvgIpc) is 3.19. The minimum absolute atomic E-state index is 0.250. The maximum Gasteiger partial charge on any atom is 0.197 e. The molecule has 0 radical (unpaired) electrons. The fraction of sp³-hybridized carbons (Fsp3) is 0.625. The molecule has 0 amide bonds. The summed E-state index contributed by atoms with van der Waals surface area (Å²) in [7, 11) is 0. The maximum atomic E-state index is 5.92. The number of nitrogens with zero attached hydrogens (tertiary/aromatic N) is 2. The van der Waals surface area contributed by atoms with E-state index < -0.39 is 0 Å². The molecule has 2 aromatic rings. The van der Waals surface area contributed by atoms with Crippen LogP contribution in [0.1, 0.15) is 53.1 Å². The first-order valence-corrected chi connectivity index (χ1v) is 9.96. The summed E-state index contributed by atoms with van der Waals surface area (Å²) in [6.07, 6.45) is 3.87. The van der Waals surface area contributed by atoms with Crippen LogP contribution in [-0.4, -0.2) is 29.4 Å². The summed E-state index contributed by atoms with van der Waals surface area (Å²) in [4.78, 5) is 10.8. The van der Waals surface area contributed by atoms with E-state index in [9.17, 15) is 0 Å². The Morgan fingerprint density at radius 2 is 2.22 bits per heavy atom. The minimum Gasteiger partial charge on any atom is -0.443 e. The Morgan fingerprint density at radius 3 is 3.04 bits per heavy atom. The van der Waals surface area contributed by atoms with Gasteiger partial charge in [-0.2, -0.15) is 0 Å². The molecular weight excluding hydrogens is 332 g/mol. The minimum atomic E-state index is 0.250. The van der Waals surface area contributed by atoms with Crippen molar-refractivity contribution in [1.82, 2.24) is 9.97 Å². The van der Waals surface area contributed by atoms with Gasteiger partial charge in [-0.25, -0.2) is 9.97 Å². The molecular formula is C16H20N2O3S2.